The Morgan fingerprint density at radius 3 is 2.07 bits per heavy atom. The first-order chi connectivity index (χ1) is 22.0. The van der Waals surface area contributed by atoms with E-state index in [0.717, 1.165) is 36.8 Å². The van der Waals surface area contributed by atoms with E-state index in [1.165, 1.54) is 13.3 Å². The van der Waals surface area contributed by atoms with Gasteiger partial charge in [0.2, 0.25) is 0 Å². The van der Waals surface area contributed by atoms with Gasteiger partial charge in [-0.1, -0.05) is 79.9 Å². The largest absolute Gasteiger partial charge is 0.458 e. The van der Waals surface area contributed by atoms with Gasteiger partial charge in [-0.05, 0) is 24.0 Å². The van der Waals surface area contributed by atoms with Crippen LogP contribution in [0.2, 0.25) is 0 Å². The van der Waals surface area contributed by atoms with Crippen LogP contribution in [0.25, 0.3) is 0 Å². The van der Waals surface area contributed by atoms with E-state index in [0.29, 0.717) is 24.7 Å². The van der Waals surface area contributed by atoms with Crippen molar-refractivity contribution < 1.29 is 42.2 Å². The molecular weight excluding hydrogens is 616 g/mol. The van der Waals surface area contributed by atoms with Gasteiger partial charge in [-0.15, -0.1) is 11.8 Å². The van der Waals surface area contributed by atoms with Crippen molar-refractivity contribution in [3.05, 3.63) is 71.8 Å². The minimum atomic E-state index is -1.24. The molecule has 2 aromatic carbocycles. The second-order valence-electron chi connectivity index (χ2n) is 12.5. The zero-order valence-corrected chi connectivity index (χ0v) is 27.1. The number of benzene rings is 2. The van der Waals surface area contributed by atoms with Crippen LogP contribution in [0.4, 0.5) is 0 Å². The van der Waals surface area contributed by atoms with Crippen molar-refractivity contribution in [2.45, 2.75) is 118 Å². The molecule has 7 aliphatic rings. The lowest BCUT2D eigenvalue weighted by Gasteiger charge is -2.54. The van der Waals surface area contributed by atoms with Crippen LogP contribution in [0.1, 0.15) is 50.2 Å². The molecule has 6 aliphatic heterocycles. The second-order valence-corrected chi connectivity index (χ2v) is 15.3. The van der Waals surface area contributed by atoms with Crippen molar-refractivity contribution in [1.82, 2.24) is 0 Å². The molecule has 4 bridgehead atoms. The SMILES string of the molecule is CC(=O)O[C@@H]1[C@H](OCc2ccccc2)[C@H]2CS[C@@H]1[C@H](O[C@H]1[C@H](OCc3ccccc3)[C@H]3CS(=O)[C@@H]1[C@H](OC1CCCCC1)O3)O2. The maximum Gasteiger partial charge on any atom is 0.303 e. The highest BCUT2D eigenvalue weighted by Gasteiger charge is 2.60. The fraction of sp³-hybridized carbons (Fsp3) is 0.618. The summed E-state index contributed by atoms with van der Waals surface area (Å²) in [5, 5.41) is -0.869. The van der Waals surface area contributed by atoms with Crippen LogP contribution < -0.4 is 0 Å². The molecular formula is C34H42O9S2. The van der Waals surface area contributed by atoms with E-state index >= 15 is 0 Å². The number of ether oxygens (including phenoxy) is 7. The molecule has 9 rings (SSSR count). The zero-order valence-electron chi connectivity index (χ0n) is 25.5. The molecule has 0 N–H and O–H groups in total. The summed E-state index contributed by atoms with van der Waals surface area (Å²) in [4.78, 5) is 12.3. The van der Waals surface area contributed by atoms with Crippen molar-refractivity contribution >= 4 is 28.5 Å². The molecule has 7 fully saturated rings. The number of carbonyl (C=O) groups is 1. The van der Waals surface area contributed by atoms with Gasteiger partial charge in [-0.25, -0.2) is 0 Å². The summed E-state index contributed by atoms with van der Waals surface area (Å²) >= 11 is 1.66. The van der Waals surface area contributed by atoms with Crippen molar-refractivity contribution in [2.75, 3.05) is 11.5 Å². The van der Waals surface area contributed by atoms with Gasteiger partial charge in [0, 0.05) is 23.5 Å². The van der Waals surface area contributed by atoms with Crippen LogP contribution in [-0.2, 0) is 62.0 Å². The van der Waals surface area contributed by atoms with E-state index < -0.39 is 59.1 Å². The molecule has 1 saturated carbocycles. The van der Waals surface area contributed by atoms with E-state index in [2.05, 4.69) is 0 Å². The molecule has 9 nitrogen and oxygen atoms in total. The summed E-state index contributed by atoms with van der Waals surface area (Å²) in [6.07, 6.45) is 1.28. The Morgan fingerprint density at radius 1 is 0.800 bits per heavy atom. The van der Waals surface area contributed by atoms with Crippen molar-refractivity contribution in [2.24, 2.45) is 0 Å². The molecule has 6 saturated heterocycles. The maximum absolute atomic E-state index is 13.7. The van der Waals surface area contributed by atoms with E-state index in [1.54, 1.807) is 11.8 Å². The van der Waals surface area contributed by atoms with E-state index in [9.17, 15) is 9.00 Å². The second kappa shape index (κ2) is 14.5. The predicted octanol–water partition coefficient (Wildman–Crippen LogP) is 4.52. The summed E-state index contributed by atoms with van der Waals surface area (Å²) in [5.74, 6) is 0.678. The minimum absolute atomic E-state index is 0.0813. The average molecular weight is 659 g/mol. The van der Waals surface area contributed by atoms with Crippen molar-refractivity contribution in [3.8, 4) is 0 Å². The average Bonchev–Trinajstić information content (AvgIpc) is 3.05. The minimum Gasteiger partial charge on any atom is -0.458 e. The van der Waals surface area contributed by atoms with Gasteiger partial charge in [0.05, 0.1) is 36.4 Å². The highest BCUT2D eigenvalue weighted by atomic mass is 32.2. The molecule has 2 aromatic rings. The fourth-order valence-electron chi connectivity index (χ4n) is 7.14. The van der Waals surface area contributed by atoms with Crippen LogP contribution in [0.3, 0.4) is 0 Å². The Bertz CT molecular complexity index is 1290. The first-order valence-corrected chi connectivity index (χ1v) is 18.6. The molecule has 0 radical (unpaired) electrons. The summed E-state index contributed by atoms with van der Waals surface area (Å²) in [6, 6.07) is 19.9. The lowest BCUT2D eigenvalue weighted by molar-refractivity contribution is -0.320. The van der Waals surface area contributed by atoms with Gasteiger partial charge in [0.1, 0.15) is 35.8 Å². The van der Waals surface area contributed by atoms with Gasteiger partial charge in [0.15, 0.2) is 12.6 Å². The third-order valence-corrected chi connectivity index (χ3v) is 12.5. The standard InChI is InChI=1S/C34H42O9S2/c1-21(35)39-29-27(37-17-22-11-5-2-6-12-22)25-19-44-31(29)33(41-25)43-30-28(38-18-23-13-7-3-8-14-23)26-20-45(36)32(30)34(42-26)40-24-15-9-4-10-16-24/h2-3,5-8,11-14,24-34H,4,9-10,15-20H2,1H3/t25-,26-,27-,28-,29-,30+,31+,32+,33+,34-,45?/m1/s1. The Labute approximate surface area is 271 Å². The number of rotatable bonds is 11. The molecule has 11 heteroatoms. The Morgan fingerprint density at radius 2 is 1.42 bits per heavy atom. The van der Waals surface area contributed by atoms with Crippen LogP contribution in [0.15, 0.2) is 60.7 Å². The van der Waals surface area contributed by atoms with E-state index in [-0.39, 0.29) is 23.4 Å². The van der Waals surface area contributed by atoms with E-state index in [4.69, 9.17) is 33.2 Å². The summed E-state index contributed by atoms with van der Waals surface area (Å²) in [6.45, 7) is 2.17. The van der Waals surface area contributed by atoms with Gasteiger partial charge < -0.3 is 33.2 Å². The van der Waals surface area contributed by atoms with Gasteiger partial charge in [0.25, 0.3) is 0 Å². The third-order valence-electron chi connectivity index (χ3n) is 9.31. The molecule has 0 amide bonds. The summed E-state index contributed by atoms with van der Waals surface area (Å²) in [5.41, 5.74) is 2.06. The number of carbonyl (C=O) groups excluding carboxylic acids is 1. The summed E-state index contributed by atoms with van der Waals surface area (Å²) < 4.78 is 58.8. The molecule has 244 valence electrons. The third kappa shape index (κ3) is 7.21. The monoisotopic (exact) mass is 658 g/mol. The lowest BCUT2D eigenvalue weighted by Crippen LogP contribution is -2.70. The Hall–Kier alpha value is -1.83. The number of hydrogen-bond donors (Lipinski definition) is 0. The van der Waals surface area contributed by atoms with Crippen molar-refractivity contribution in [3.63, 3.8) is 0 Å². The zero-order chi connectivity index (χ0) is 30.8. The number of esters is 1. The van der Waals surface area contributed by atoms with Gasteiger partial charge in [-0.2, -0.15) is 0 Å². The molecule has 0 aromatic heterocycles. The predicted molar refractivity (Wildman–Crippen MR) is 169 cm³/mol. The van der Waals surface area contributed by atoms with Crippen LogP contribution in [-0.4, -0.2) is 87.5 Å². The highest BCUT2D eigenvalue weighted by Crippen LogP contribution is 2.45. The van der Waals surface area contributed by atoms with Crippen LogP contribution in [0.5, 0.6) is 0 Å². The van der Waals surface area contributed by atoms with Gasteiger partial charge in [-0.3, -0.25) is 9.00 Å². The molecule has 0 spiro atoms. The normalized spacial score (nSPS) is 37.8. The van der Waals surface area contributed by atoms with Crippen LogP contribution >= 0.6 is 11.8 Å². The number of thioether (sulfide) groups is 1. The number of fused-ring (bicyclic) bond motifs is 6. The first kappa shape index (κ1) is 31.8. The smallest absolute Gasteiger partial charge is 0.303 e. The Kier molecular flexibility index (Phi) is 10.2. The summed E-state index contributed by atoms with van der Waals surface area (Å²) in [7, 11) is -1.24. The topological polar surface area (TPSA) is 98.8 Å². The molecule has 1 unspecified atom stereocenters. The molecule has 45 heavy (non-hydrogen) atoms. The Balaban J connectivity index is 1.11. The lowest BCUT2D eigenvalue weighted by atomic mass is 9.96. The van der Waals surface area contributed by atoms with Crippen molar-refractivity contribution in [1.29, 1.82) is 0 Å². The fourth-order valence-corrected chi connectivity index (χ4v) is 10.2. The quantitative estimate of drug-likeness (QED) is 0.321. The maximum atomic E-state index is 13.7. The molecule has 6 heterocycles. The van der Waals surface area contributed by atoms with Gasteiger partial charge >= 0.3 is 5.97 Å². The number of hydrogen-bond acceptors (Lipinski definition) is 10. The molecule has 1 aliphatic carbocycles. The van der Waals surface area contributed by atoms with Crippen LogP contribution in [0, 0.1) is 0 Å². The first-order valence-electron chi connectivity index (χ1n) is 16.1. The van der Waals surface area contributed by atoms with E-state index in [1.807, 2.05) is 60.7 Å². The molecule has 11 atom stereocenters. The highest BCUT2D eigenvalue weighted by molar-refractivity contribution is 8.00.